The maximum atomic E-state index is 14.5. The van der Waals surface area contributed by atoms with Crippen LogP contribution in [0.1, 0.15) is 81.8 Å². The highest BCUT2D eigenvalue weighted by Gasteiger charge is 2.92. The molecule has 2 aromatic rings. The van der Waals surface area contributed by atoms with Crippen LogP contribution in [-0.2, 0) is 84.9 Å². The molecule has 2 aromatic heterocycles. The van der Waals surface area contributed by atoms with Gasteiger partial charge in [-0.15, -0.1) is 0 Å². The fourth-order valence-corrected chi connectivity index (χ4v) is 9.74. The standard InChI is InChI=1S/C42H48N2O19/c1-19-15-27-26(11-10-14-43-27)38(53)56-17-39(7)29-30(57-21(3)46)34(59-23(5)48)41(18-55-20(2)45)35(60-24(6)49)31(61-37(52)25-12-13-28(50)44(9)16-25)33(62-36(19)51)40(8,54)42(41,63-39)32(29)58-22(4)47/h10-14,16,19,29-35,54H,15,17-18H2,1-9H3/t19-,29-,30-,31+,32-,33+,34-,35+,39+,40+,41-,42+/m1/s1. The monoisotopic (exact) mass is 884 g/mol. The number of ether oxygens (including phenoxy) is 9. The second-order valence-corrected chi connectivity index (χ2v) is 16.6. The topological polar surface area (TPSA) is 275 Å². The van der Waals surface area contributed by atoms with E-state index in [1.54, 1.807) is 0 Å². The van der Waals surface area contributed by atoms with Gasteiger partial charge in [-0.25, -0.2) is 9.59 Å². The molecule has 12 atom stereocenters. The summed E-state index contributed by atoms with van der Waals surface area (Å²) in [6, 6.07) is 5.01. The number of carbonyl (C=O) groups excluding carboxylic acids is 8. The van der Waals surface area contributed by atoms with Crippen molar-refractivity contribution in [2.75, 3.05) is 13.2 Å². The van der Waals surface area contributed by atoms with E-state index in [0.717, 1.165) is 64.4 Å². The van der Waals surface area contributed by atoms with E-state index >= 15 is 0 Å². The van der Waals surface area contributed by atoms with E-state index in [4.69, 9.17) is 42.6 Å². The molecule has 1 saturated heterocycles. The Balaban J connectivity index is 1.79. The van der Waals surface area contributed by atoms with Crippen LogP contribution in [0, 0.1) is 17.3 Å². The van der Waals surface area contributed by atoms with Crippen molar-refractivity contribution in [1.29, 1.82) is 0 Å². The summed E-state index contributed by atoms with van der Waals surface area (Å²) in [5.74, 6) is -11.4. The number of aromatic nitrogens is 2. The Kier molecular flexibility index (Phi) is 12.4. The molecule has 2 aliphatic carbocycles. The number of aryl methyl sites for hydroxylation is 1. The zero-order valence-corrected chi connectivity index (χ0v) is 35.9. The third-order valence-electron chi connectivity index (χ3n) is 12.1. The van der Waals surface area contributed by atoms with E-state index < -0.39 is 137 Å². The van der Waals surface area contributed by atoms with Crippen LogP contribution in [0.15, 0.2) is 41.5 Å². The Morgan fingerprint density at radius 2 is 1.43 bits per heavy atom. The first-order valence-corrected chi connectivity index (χ1v) is 19.9. The van der Waals surface area contributed by atoms with Gasteiger partial charge in [0.05, 0.1) is 28.7 Å². The predicted molar refractivity (Wildman–Crippen MR) is 206 cm³/mol. The summed E-state index contributed by atoms with van der Waals surface area (Å²) in [5.41, 5.74) is -11.3. The summed E-state index contributed by atoms with van der Waals surface area (Å²) in [4.78, 5) is 126. The number of esters is 8. The molecule has 1 N–H and O–H groups in total. The predicted octanol–water partition coefficient (Wildman–Crippen LogP) is 0.465. The molecular weight excluding hydrogens is 836 g/mol. The molecule has 0 unspecified atom stereocenters. The smallest absolute Gasteiger partial charge is 0.340 e. The highest BCUT2D eigenvalue weighted by Crippen LogP contribution is 2.70. The third kappa shape index (κ3) is 7.80. The molecule has 4 aliphatic rings. The average Bonchev–Trinajstić information content (AvgIpc) is 3.40. The Labute approximate surface area is 359 Å². The number of carbonyl (C=O) groups is 8. The van der Waals surface area contributed by atoms with Crippen LogP contribution < -0.4 is 5.56 Å². The summed E-state index contributed by atoms with van der Waals surface area (Å²) < 4.78 is 56.1. The van der Waals surface area contributed by atoms with Crippen LogP contribution in [0.4, 0.5) is 0 Å². The maximum Gasteiger partial charge on any atom is 0.340 e. The first kappa shape index (κ1) is 46.3. The Morgan fingerprint density at radius 3 is 2.02 bits per heavy atom. The fraction of sp³-hybridized carbons (Fsp3) is 0.571. The molecule has 63 heavy (non-hydrogen) atoms. The van der Waals surface area contributed by atoms with Gasteiger partial charge in [0.2, 0.25) is 5.56 Å². The van der Waals surface area contributed by atoms with Crippen molar-refractivity contribution in [2.45, 2.75) is 115 Å². The minimum Gasteiger partial charge on any atom is -0.465 e. The summed E-state index contributed by atoms with van der Waals surface area (Å²) in [5, 5.41) is 13.6. The minimum absolute atomic E-state index is 0.0711. The molecule has 0 aromatic carbocycles. The normalized spacial score (nSPS) is 34.4. The molecule has 2 aliphatic heterocycles. The molecule has 0 radical (unpaired) electrons. The number of hydrogen-bond donors (Lipinski definition) is 1. The van der Waals surface area contributed by atoms with Gasteiger partial charge in [-0.3, -0.25) is 38.5 Å². The third-order valence-corrected chi connectivity index (χ3v) is 12.1. The molecule has 21 heteroatoms. The maximum absolute atomic E-state index is 14.5. The van der Waals surface area contributed by atoms with Crippen molar-refractivity contribution < 1.29 is 86.1 Å². The highest BCUT2D eigenvalue weighted by atomic mass is 16.7. The average molecular weight is 885 g/mol. The summed E-state index contributed by atoms with van der Waals surface area (Å²) in [7, 11) is 1.34. The van der Waals surface area contributed by atoms with Crippen molar-refractivity contribution in [3.8, 4) is 0 Å². The number of fused-ring (bicyclic) bond motifs is 5. The zero-order chi connectivity index (χ0) is 46.6. The van der Waals surface area contributed by atoms with Gasteiger partial charge in [0.1, 0.15) is 42.0 Å². The van der Waals surface area contributed by atoms with E-state index in [0.29, 0.717) is 0 Å². The zero-order valence-electron chi connectivity index (χ0n) is 35.9. The molecule has 4 bridgehead atoms. The van der Waals surface area contributed by atoms with Gasteiger partial charge in [0.15, 0.2) is 30.0 Å². The Morgan fingerprint density at radius 1 is 0.825 bits per heavy atom. The molecule has 340 valence electrons. The molecule has 21 nitrogen and oxygen atoms in total. The van der Waals surface area contributed by atoms with Gasteiger partial charge >= 0.3 is 47.8 Å². The van der Waals surface area contributed by atoms with Crippen LogP contribution in [0.2, 0.25) is 0 Å². The van der Waals surface area contributed by atoms with Crippen LogP contribution in [-0.4, -0.2) is 129 Å². The highest BCUT2D eigenvalue weighted by molar-refractivity contribution is 5.91. The van der Waals surface area contributed by atoms with Crippen LogP contribution in [0.5, 0.6) is 0 Å². The van der Waals surface area contributed by atoms with Gasteiger partial charge < -0.3 is 52.3 Å². The quantitative estimate of drug-likeness (QED) is 0.279. The lowest BCUT2D eigenvalue weighted by molar-refractivity contribution is -0.386. The van der Waals surface area contributed by atoms with Gasteiger partial charge in [-0.2, -0.15) is 0 Å². The second-order valence-electron chi connectivity index (χ2n) is 16.6. The van der Waals surface area contributed by atoms with E-state index in [1.165, 1.54) is 39.2 Å². The molecule has 0 amide bonds. The largest absolute Gasteiger partial charge is 0.465 e. The van der Waals surface area contributed by atoms with Gasteiger partial charge in [0.25, 0.3) is 0 Å². The number of pyridine rings is 2. The first-order valence-electron chi connectivity index (χ1n) is 19.9. The van der Waals surface area contributed by atoms with Gasteiger partial charge in [-0.05, 0) is 32.0 Å². The Bertz CT molecular complexity index is 2310. The van der Waals surface area contributed by atoms with E-state index in [1.807, 2.05) is 0 Å². The Hall–Kier alpha value is -6.22. The number of rotatable bonds is 8. The lowest BCUT2D eigenvalue weighted by Crippen LogP contribution is -2.89. The SMILES string of the molecule is CC(=O)OC[C@]12[C@H](OC(C)=O)[C@H](OC(C)=O)[C@@H]3[C@@H](OC(C)=O)[C@@]14O[C@@]3(C)COC(=O)c1cccnc1C[C@@H](C)C(=O)O[C@@H]([C@H](OC(=O)c1ccc(=O)n(C)c1)[C@@H]2OC(C)=O)[C@]4(C)O. The van der Waals surface area contributed by atoms with E-state index in [9.17, 15) is 48.3 Å². The van der Waals surface area contributed by atoms with Crippen molar-refractivity contribution in [3.05, 3.63) is 63.8 Å². The molecular formula is C42H48N2O19. The van der Waals surface area contributed by atoms with Crippen molar-refractivity contribution in [3.63, 3.8) is 0 Å². The summed E-state index contributed by atoms with van der Waals surface area (Å²) >= 11 is 0. The van der Waals surface area contributed by atoms with Gasteiger partial charge in [0, 0.05) is 66.5 Å². The van der Waals surface area contributed by atoms with Crippen molar-refractivity contribution >= 4 is 47.8 Å². The molecule has 4 heterocycles. The molecule has 3 fully saturated rings. The molecule has 2 saturated carbocycles. The summed E-state index contributed by atoms with van der Waals surface area (Å²) in [6.07, 6.45) is -10.3. The number of nitrogens with zero attached hydrogens (tertiary/aromatic N) is 2. The van der Waals surface area contributed by atoms with Crippen LogP contribution in [0.25, 0.3) is 0 Å². The summed E-state index contributed by atoms with van der Waals surface area (Å²) in [6.45, 7) is 6.79. The lowest BCUT2D eigenvalue weighted by Gasteiger charge is -2.67. The van der Waals surface area contributed by atoms with Crippen LogP contribution in [0.3, 0.4) is 0 Å². The van der Waals surface area contributed by atoms with Crippen molar-refractivity contribution in [1.82, 2.24) is 9.55 Å². The van der Waals surface area contributed by atoms with Crippen LogP contribution >= 0.6 is 0 Å². The molecule has 6 rings (SSSR count). The molecule has 1 spiro atoms. The van der Waals surface area contributed by atoms with E-state index in [-0.39, 0.29) is 23.2 Å². The number of hydrogen-bond acceptors (Lipinski definition) is 20. The fourth-order valence-electron chi connectivity index (χ4n) is 9.74. The second kappa shape index (κ2) is 16.8. The van der Waals surface area contributed by atoms with E-state index in [2.05, 4.69) is 4.98 Å². The van der Waals surface area contributed by atoms with Crippen molar-refractivity contribution in [2.24, 2.45) is 24.3 Å². The number of cyclic esters (lactones) is 1. The minimum atomic E-state index is -2.92. The number of aliphatic hydroxyl groups is 1. The first-order chi connectivity index (χ1) is 29.4. The van der Waals surface area contributed by atoms with Gasteiger partial charge in [-0.1, -0.05) is 6.92 Å². The lowest BCUT2D eigenvalue weighted by atomic mass is 9.45.